The Morgan fingerprint density at radius 3 is 2.44 bits per heavy atom. The van der Waals surface area contributed by atoms with Crippen LogP contribution in [0.5, 0.6) is 0 Å². The molecular formula is C13H26N2O. The molecular weight excluding hydrogens is 200 g/mol. The van der Waals surface area contributed by atoms with Crippen molar-refractivity contribution in [3.05, 3.63) is 0 Å². The molecule has 1 rings (SSSR count). The number of amides is 1. The predicted octanol–water partition coefficient (Wildman–Crippen LogP) is 2.20. The number of hydrogen-bond acceptors (Lipinski definition) is 2. The summed E-state index contributed by atoms with van der Waals surface area (Å²) in [6.45, 7) is 6.46. The molecule has 0 saturated heterocycles. The molecule has 1 amide bonds. The van der Waals surface area contributed by atoms with Crippen LogP contribution in [0.3, 0.4) is 0 Å². The van der Waals surface area contributed by atoms with Crippen molar-refractivity contribution >= 4 is 5.91 Å². The maximum absolute atomic E-state index is 11.7. The summed E-state index contributed by atoms with van der Waals surface area (Å²) >= 11 is 0. The lowest BCUT2D eigenvalue weighted by Gasteiger charge is -2.23. The van der Waals surface area contributed by atoms with Crippen molar-refractivity contribution in [3.63, 3.8) is 0 Å². The molecule has 94 valence electrons. The number of carbonyl (C=O) groups is 1. The fourth-order valence-corrected chi connectivity index (χ4v) is 2.45. The Morgan fingerprint density at radius 1 is 1.38 bits per heavy atom. The monoisotopic (exact) mass is 226 g/mol. The zero-order valence-corrected chi connectivity index (χ0v) is 10.9. The Balaban J connectivity index is 2.22. The number of nitrogens with two attached hydrogens (primary N) is 1. The van der Waals surface area contributed by atoms with Crippen LogP contribution >= 0.6 is 0 Å². The number of carbonyl (C=O) groups excluding carboxylic acids is 1. The second-order valence-electron chi connectivity index (χ2n) is 6.28. The van der Waals surface area contributed by atoms with Gasteiger partial charge in [-0.2, -0.15) is 0 Å². The topological polar surface area (TPSA) is 55.1 Å². The molecule has 0 heterocycles. The molecule has 0 aromatic heterocycles. The van der Waals surface area contributed by atoms with E-state index in [2.05, 4.69) is 26.1 Å². The lowest BCUT2D eigenvalue weighted by Crippen LogP contribution is -2.38. The van der Waals surface area contributed by atoms with E-state index in [0.29, 0.717) is 12.5 Å². The molecule has 1 fully saturated rings. The molecule has 3 nitrogen and oxygen atoms in total. The van der Waals surface area contributed by atoms with Gasteiger partial charge in [0.05, 0.1) is 0 Å². The molecule has 0 bridgehead atoms. The number of hydrogen-bond donors (Lipinski definition) is 2. The Kier molecular flexibility index (Phi) is 4.78. The van der Waals surface area contributed by atoms with Gasteiger partial charge in [0.25, 0.3) is 0 Å². The van der Waals surface area contributed by atoms with Gasteiger partial charge in [-0.05, 0) is 24.7 Å². The van der Waals surface area contributed by atoms with E-state index in [1.807, 2.05) is 0 Å². The largest absolute Gasteiger partial charge is 0.353 e. The van der Waals surface area contributed by atoms with Gasteiger partial charge in [0, 0.05) is 18.5 Å². The third-order valence-electron chi connectivity index (χ3n) is 3.04. The van der Waals surface area contributed by atoms with Crippen molar-refractivity contribution in [2.24, 2.45) is 11.1 Å². The minimum atomic E-state index is -0.0126. The smallest absolute Gasteiger partial charge is 0.221 e. The summed E-state index contributed by atoms with van der Waals surface area (Å²) < 4.78 is 0. The molecule has 1 aliphatic rings. The zero-order valence-electron chi connectivity index (χ0n) is 10.9. The van der Waals surface area contributed by atoms with E-state index < -0.39 is 0 Å². The van der Waals surface area contributed by atoms with Crippen LogP contribution in [0.4, 0.5) is 0 Å². The Morgan fingerprint density at radius 2 is 1.94 bits per heavy atom. The summed E-state index contributed by atoms with van der Waals surface area (Å²) in [6.07, 6.45) is 6.14. The molecule has 1 aliphatic carbocycles. The standard InChI is InChI=1S/C13H26N2O/c1-13(2,3)9-10(14)8-12(16)15-11-6-4-5-7-11/h10-11H,4-9,14H2,1-3H3,(H,15,16). The highest BCUT2D eigenvalue weighted by Crippen LogP contribution is 2.21. The predicted molar refractivity (Wildman–Crippen MR) is 67.1 cm³/mol. The fraction of sp³-hybridized carbons (Fsp3) is 0.923. The van der Waals surface area contributed by atoms with Gasteiger partial charge in [-0.1, -0.05) is 33.6 Å². The Labute approximate surface area is 99.2 Å². The maximum atomic E-state index is 11.7. The molecule has 0 radical (unpaired) electrons. The number of nitrogens with one attached hydrogen (secondary N) is 1. The normalized spacial score (nSPS) is 19.8. The minimum Gasteiger partial charge on any atom is -0.353 e. The molecule has 0 aromatic rings. The number of rotatable bonds is 4. The highest BCUT2D eigenvalue weighted by molar-refractivity contribution is 5.76. The van der Waals surface area contributed by atoms with Crippen LogP contribution in [-0.4, -0.2) is 18.0 Å². The van der Waals surface area contributed by atoms with E-state index >= 15 is 0 Å². The maximum Gasteiger partial charge on any atom is 0.221 e. The summed E-state index contributed by atoms with van der Waals surface area (Å²) in [5, 5.41) is 3.08. The fourth-order valence-electron chi connectivity index (χ4n) is 2.45. The van der Waals surface area contributed by atoms with Crippen LogP contribution in [-0.2, 0) is 4.79 Å². The van der Waals surface area contributed by atoms with Crippen LogP contribution < -0.4 is 11.1 Å². The average molecular weight is 226 g/mol. The Hall–Kier alpha value is -0.570. The molecule has 0 aliphatic heterocycles. The van der Waals surface area contributed by atoms with Crippen LogP contribution in [0.25, 0.3) is 0 Å². The lowest BCUT2D eigenvalue weighted by molar-refractivity contribution is -0.122. The molecule has 0 spiro atoms. The summed E-state index contributed by atoms with van der Waals surface area (Å²) in [6, 6.07) is 0.399. The molecule has 3 heteroatoms. The Bertz CT molecular complexity index is 227. The van der Waals surface area contributed by atoms with Gasteiger partial charge in [-0.25, -0.2) is 0 Å². The van der Waals surface area contributed by atoms with E-state index in [1.54, 1.807) is 0 Å². The quantitative estimate of drug-likeness (QED) is 0.772. The first-order valence-corrected chi connectivity index (χ1v) is 6.42. The molecule has 1 saturated carbocycles. The van der Waals surface area contributed by atoms with Gasteiger partial charge in [0.2, 0.25) is 5.91 Å². The third-order valence-corrected chi connectivity index (χ3v) is 3.04. The van der Waals surface area contributed by atoms with Crippen LogP contribution in [0.1, 0.15) is 59.3 Å². The lowest BCUT2D eigenvalue weighted by atomic mass is 9.87. The second kappa shape index (κ2) is 5.67. The van der Waals surface area contributed by atoms with Crippen molar-refractivity contribution in [2.75, 3.05) is 0 Å². The van der Waals surface area contributed by atoms with Gasteiger partial charge in [0.1, 0.15) is 0 Å². The first kappa shape index (κ1) is 13.5. The molecule has 1 atom stereocenters. The van der Waals surface area contributed by atoms with Crippen molar-refractivity contribution in [3.8, 4) is 0 Å². The van der Waals surface area contributed by atoms with E-state index in [4.69, 9.17) is 5.73 Å². The van der Waals surface area contributed by atoms with Gasteiger partial charge < -0.3 is 11.1 Å². The van der Waals surface area contributed by atoms with Gasteiger partial charge in [0.15, 0.2) is 0 Å². The van der Waals surface area contributed by atoms with Crippen molar-refractivity contribution < 1.29 is 4.79 Å². The van der Waals surface area contributed by atoms with Gasteiger partial charge in [-0.3, -0.25) is 4.79 Å². The van der Waals surface area contributed by atoms with Crippen molar-refractivity contribution in [1.82, 2.24) is 5.32 Å². The minimum absolute atomic E-state index is 0.0126. The van der Waals surface area contributed by atoms with Gasteiger partial charge >= 0.3 is 0 Å². The molecule has 16 heavy (non-hydrogen) atoms. The molecule has 1 unspecified atom stereocenters. The van der Waals surface area contributed by atoms with Crippen LogP contribution in [0.15, 0.2) is 0 Å². The van der Waals surface area contributed by atoms with Crippen LogP contribution in [0.2, 0.25) is 0 Å². The van der Waals surface area contributed by atoms with E-state index in [1.165, 1.54) is 12.8 Å². The van der Waals surface area contributed by atoms with Crippen molar-refractivity contribution in [1.29, 1.82) is 0 Å². The first-order valence-electron chi connectivity index (χ1n) is 6.42. The van der Waals surface area contributed by atoms with Crippen LogP contribution in [0, 0.1) is 5.41 Å². The van der Waals surface area contributed by atoms with Gasteiger partial charge in [-0.15, -0.1) is 0 Å². The second-order valence-corrected chi connectivity index (χ2v) is 6.28. The van der Waals surface area contributed by atoms with E-state index in [0.717, 1.165) is 19.3 Å². The summed E-state index contributed by atoms with van der Waals surface area (Å²) in [5.41, 5.74) is 6.18. The third kappa shape index (κ3) is 5.50. The molecule has 0 aromatic carbocycles. The molecule has 3 N–H and O–H groups in total. The zero-order chi connectivity index (χ0) is 12.2. The summed E-state index contributed by atoms with van der Waals surface area (Å²) in [7, 11) is 0. The highest BCUT2D eigenvalue weighted by Gasteiger charge is 2.21. The summed E-state index contributed by atoms with van der Waals surface area (Å²) in [5.74, 6) is 0.128. The first-order chi connectivity index (χ1) is 7.37. The van der Waals surface area contributed by atoms with E-state index in [9.17, 15) is 4.79 Å². The average Bonchev–Trinajstić information content (AvgIpc) is 2.51. The summed E-state index contributed by atoms with van der Waals surface area (Å²) in [4.78, 5) is 11.7. The van der Waals surface area contributed by atoms with E-state index in [-0.39, 0.29) is 17.4 Å². The highest BCUT2D eigenvalue weighted by atomic mass is 16.1. The SMILES string of the molecule is CC(C)(C)CC(N)CC(=O)NC1CCCC1. The van der Waals surface area contributed by atoms with Crippen molar-refractivity contribution in [2.45, 2.75) is 71.4 Å².